The number of carbonyl (C=O) groups excluding carboxylic acids is 4. The number of rotatable bonds is 8. The van der Waals surface area contributed by atoms with Gasteiger partial charge in [0.25, 0.3) is 5.91 Å². The zero-order valence-corrected chi connectivity index (χ0v) is 18.8. The molecule has 8 nitrogen and oxygen atoms in total. The van der Waals surface area contributed by atoms with Crippen molar-refractivity contribution in [3.8, 4) is 0 Å². The average Bonchev–Trinajstić information content (AvgIpc) is 3.02. The van der Waals surface area contributed by atoms with E-state index in [1.165, 1.54) is 7.11 Å². The Morgan fingerprint density at radius 1 is 1.09 bits per heavy atom. The van der Waals surface area contributed by atoms with E-state index in [0.717, 1.165) is 15.7 Å². The predicted octanol–water partition coefficient (Wildman–Crippen LogP) is 2.70. The SMILES string of the molecule is CCC(CC)[C@H](NC(=O)CN1C(=O)N[C@](C)(c2ccc3ccccc3c2)C1=O)C(=O)OC. The van der Waals surface area contributed by atoms with Gasteiger partial charge in [0.15, 0.2) is 0 Å². The van der Waals surface area contributed by atoms with Crippen molar-refractivity contribution < 1.29 is 23.9 Å². The molecular weight excluding hydrogens is 410 g/mol. The van der Waals surface area contributed by atoms with Gasteiger partial charge in [0.1, 0.15) is 18.1 Å². The molecule has 0 bridgehead atoms. The summed E-state index contributed by atoms with van der Waals surface area (Å²) < 4.78 is 4.82. The second-order valence-corrected chi connectivity index (χ2v) is 8.15. The Kier molecular flexibility index (Phi) is 6.81. The topological polar surface area (TPSA) is 105 Å². The molecule has 170 valence electrons. The van der Waals surface area contributed by atoms with Crippen LogP contribution in [0.4, 0.5) is 4.79 Å². The van der Waals surface area contributed by atoms with E-state index in [-0.39, 0.29) is 5.92 Å². The van der Waals surface area contributed by atoms with Crippen LogP contribution in [0.15, 0.2) is 42.5 Å². The Hall–Kier alpha value is -3.42. The van der Waals surface area contributed by atoms with Crippen LogP contribution >= 0.6 is 0 Å². The molecule has 1 aliphatic heterocycles. The van der Waals surface area contributed by atoms with Gasteiger partial charge >= 0.3 is 12.0 Å². The van der Waals surface area contributed by atoms with Crippen LogP contribution in [0.2, 0.25) is 0 Å². The van der Waals surface area contributed by atoms with Crippen molar-refractivity contribution in [2.45, 2.75) is 45.2 Å². The monoisotopic (exact) mass is 439 g/mol. The van der Waals surface area contributed by atoms with E-state index in [9.17, 15) is 19.2 Å². The average molecular weight is 440 g/mol. The lowest BCUT2D eigenvalue weighted by molar-refractivity contribution is -0.147. The van der Waals surface area contributed by atoms with Crippen LogP contribution in [0, 0.1) is 5.92 Å². The summed E-state index contributed by atoms with van der Waals surface area (Å²) >= 11 is 0. The molecule has 0 aromatic heterocycles. The van der Waals surface area contributed by atoms with Crippen molar-refractivity contribution in [3.63, 3.8) is 0 Å². The van der Waals surface area contributed by atoms with Gasteiger partial charge in [-0.05, 0) is 35.2 Å². The van der Waals surface area contributed by atoms with Gasteiger partial charge in [0.05, 0.1) is 7.11 Å². The third-order valence-corrected chi connectivity index (χ3v) is 6.20. The molecule has 1 saturated heterocycles. The molecule has 0 aliphatic carbocycles. The van der Waals surface area contributed by atoms with E-state index in [1.54, 1.807) is 13.0 Å². The second kappa shape index (κ2) is 9.38. The number of imide groups is 1. The van der Waals surface area contributed by atoms with Gasteiger partial charge in [-0.1, -0.05) is 63.1 Å². The molecule has 8 heteroatoms. The summed E-state index contributed by atoms with van der Waals surface area (Å²) in [5.74, 6) is -1.79. The van der Waals surface area contributed by atoms with Crippen molar-refractivity contribution >= 4 is 34.6 Å². The van der Waals surface area contributed by atoms with Crippen molar-refractivity contribution in [2.24, 2.45) is 5.92 Å². The van der Waals surface area contributed by atoms with Gasteiger partial charge < -0.3 is 15.4 Å². The van der Waals surface area contributed by atoms with E-state index in [2.05, 4.69) is 10.6 Å². The third kappa shape index (κ3) is 4.30. The van der Waals surface area contributed by atoms with Crippen LogP contribution in [0.5, 0.6) is 0 Å². The number of nitrogens with zero attached hydrogens (tertiary/aromatic N) is 1. The molecule has 32 heavy (non-hydrogen) atoms. The highest BCUT2D eigenvalue weighted by Gasteiger charge is 2.49. The summed E-state index contributed by atoms with van der Waals surface area (Å²) in [6, 6.07) is 11.8. The molecule has 0 saturated carbocycles. The van der Waals surface area contributed by atoms with E-state index in [0.29, 0.717) is 18.4 Å². The van der Waals surface area contributed by atoms with Gasteiger partial charge in [0.2, 0.25) is 5.91 Å². The summed E-state index contributed by atoms with van der Waals surface area (Å²) in [5, 5.41) is 7.31. The molecule has 0 unspecified atom stereocenters. The first-order valence-corrected chi connectivity index (χ1v) is 10.8. The number of methoxy groups -OCH3 is 1. The Morgan fingerprint density at radius 3 is 2.38 bits per heavy atom. The fourth-order valence-corrected chi connectivity index (χ4v) is 4.16. The summed E-state index contributed by atoms with van der Waals surface area (Å²) in [7, 11) is 1.26. The first-order chi connectivity index (χ1) is 15.2. The predicted molar refractivity (Wildman–Crippen MR) is 120 cm³/mol. The van der Waals surface area contributed by atoms with Gasteiger partial charge in [-0.25, -0.2) is 9.59 Å². The molecule has 1 heterocycles. The van der Waals surface area contributed by atoms with Gasteiger partial charge in [0, 0.05) is 0 Å². The Bertz CT molecular complexity index is 1050. The van der Waals surface area contributed by atoms with Crippen LogP contribution in [0.3, 0.4) is 0 Å². The molecule has 1 fully saturated rings. The zero-order chi connectivity index (χ0) is 23.5. The first-order valence-electron chi connectivity index (χ1n) is 10.8. The number of fused-ring (bicyclic) bond motifs is 1. The van der Waals surface area contributed by atoms with Gasteiger partial charge in [-0.15, -0.1) is 0 Å². The van der Waals surface area contributed by atoms with E-state index < -0.39 is 41.9 Å². The molecule has 2 aromatic carbocycles. The molecule has 2 N–H and O–H groups in total. The van der Waals surface area contributed by atoms with E-state index in [1.807, 2.05) is 50.2 Å². The van der Waals surface area contributed by atoms with Crippen molar-refractivity contribution in [1.29, 1.82) is 0 Å². The number of urea groups is 1. The summed E-state index contributed by atoms with van der Waals surface area (Å²) in [4.78, 5) is 51.6. The Morgan fingerprint density at radius 2 is 1.75 bits per heavy atom. The largest absolute Gasteiger partial charge is 0.467 e. The van der Waals surface area contributed by atoms with Crippen LogP contribution in [-0.2, 0) is 24.7 Å². The minimum absolute atomic E-state index is 0.114. The lowest BCUT2D eigenvalue weighted by Gasteiger charge is -2.25. The maximum Gasteiger partial charge on any atom is 0.328 e. The molecule has 2 aromatic rings. The molecule has 4 amide bonds. The standard InChI is InChI=1S/C24H29N3O5/c1-5-15(6-2)20(21(29)32-4)25-19(28)14-27-22(30)24(3,26-23(27)31)18-12-11-16-9-7-8-10-17(16)13-18/h7-13,15,20H,5-6,14H2,1-4H3,(H,25,28)(H,26,31)/t20-,24+/m0/s1. The molecule has 0 radical (unpaired) electrons. The zero-order valence-electron chi connectivity index (χ0n) is 18.8. The molecule has 2 atom stereocenters. The van der Waals surface area contributed by atoms with Crippen LogP contribution in [-0.4, -0.2) is 48.4 Å². The summed E-state index contributed by atoms with van der Waals surface area (Å²) in [5.41, 5.74) is -0.666. The number of ether oxygens (including phenoxy) is 1. The minimum Gasteiger partial charge on any atom is -0.467 e. The third-order valence-electron chi connectivity index (χ3n) is 6.20. The highest BCUT2D eigenvalue weighted by molar-refractivity contribution is 6.09. The normalized spacial score (nSPS) is 19.2. The lowest BCUT2D eigenvalue weighted by Crippen LogP contribution is -2.50. The lowest BCUT2D eigenvalue weighted by atomic mass is 9.90. The Balaban J connectivity index is 1.79. The number of esters is 1. The molecule has 1 aliphatic rings. The summed E-state index contributed by atoms with van der Waals surface area (Å²) in [6.07, 6.45) is 1.33. The molecule has 0 spiro atoms. The number of nitrogens with one attached hydrogen (secondary N) is 2. The van der Waals surface area contributed by atoms with E-state index >= 15 is 0 Å². The summed E-state index contributed by atoms with van der Waals surface area (Å²) in [6.45, 7) is 4.98. The highest BCUT2D eigenvalue weighted by Crippen LogP contribution is 2.31. The number of hydrogen-bond donors (Lipinski definition) is 2. The minimum atomic E-state index is -1.29. The van der Waals surface area contributed by atoms with Crippen LogP contribution < -0.4 is 10.6 Å². The van der Waals surface area contributed by atoms with Crippen LogP contribution in [0.1, 0.15) is 39.2 Å². The highest BCUT2D eigenvalue weighted by atomic mass is 16.5. The number of hydrogen-bond acceptors (Lipinski definition) is 5. The smallest absolute Gasteiger partial charge is 0.328 e. The van der Waals surface area contributed by atoms with Crippen molar-refractivity contribution in [3.05, 3.63) is 48.0 Å². The number of amides is 4. The van der Waals surface area contributed by atoms with Gasteiger partial charge in [-0.2, -0.15) is 0 Å². The van der Waals surface area contributed by atoms with Crippen molar-refractivity contribution in [2.75, 3.05) is 13.7 Å². The fourth-order valence-electron chi connectivity index (χ4n) is 4.16. The van der Waals surface area contributed by atoms with Crippen molar-refractivity contribution in [1.82, 2.24) is 15.5 Å². The van der Waals surface area contributed by atoms with E-state index in [4.69, 9.17) is 4.74 Å². The quantitative estimate of drug-likeness (QED) is 0.486. The van der Waals surface area contributed by atoms with Gasteiger partial charge in [-0.3, -0.25) is 14.5 Å². The fraction of sp³-hybridized carbons (Fsp3) is 0.417. The number of carbonyl (C=O) groups is 4. The first kappa shape index (κ1) is 23.2. The molecule has 3 rings (SSSR count). The number of benzene rings is 2. The maximum atomic E-state index is 13.2. The maximum absolute atomic E-state index is 13.2. The molecular formula is C24H29N3O5. The second-order valence-electron chi connectivity index (χ2n) is 8.15. The Labute approximate surface area is 187 Å². The van der Waals surface area contributed by atoms with Crippen LogP contribution in [0.25, 0.3) is 10.8 Å².